The number of hydrogen-bond acceptors (Lipinski definition) is 3. The second-order valence-corrected chi connectivity index (χ2v) is 22.2. The Morgan fingerprint density at radius 1 is 0.357 bits per heavy atom. The van der Waals surface area contributed by atoms with Gasteiger partial charge in [0.25, 0.3) is 0 Å². The minimum Gasteiger partial charge on any atom is -0.310 e. The predicted octanol–water partition coefficient (Wildman–Crippen LogP) is 18.8. The molecule has 0 saturated heterocycles. The van der Waals surface area contributed by atoms with Crippen molar-refractivity contribution in [3.05, 3.63) is 241 Å². The summed E-state index contributed by atoms with van der Waals surface area (Å²) in [6.07, 6.45) is 0. The first-order valence-electron chi connectivity index (χ1n) is 24.3. The summed E-state index contributed by atoms with van der Waals surface area (Å²) in [6.45, 7) is 9.54. The molecule has 1 aliphatic heterocycles. The number of nitrogens with zero attached hydrogens (tertiary/aromatic N) is 2. The minimum absolute atomic E-state index is 0.107. The lowest BCUT2D eigenvalue weighted by molar-refractivity contribution is 0.660. The van der Waals surface area contributed by atoms with Crippen molar-refractivity contribution in [2.24, 2.45) is 0 Å². The zero-order chi connectivity index (χ0) is 46.9. The summed E-state index contributed by atoms with van der Waals surface area (Å²) in [5.41, 5.74) is 22.5. The molecule has 0 fully saturated rings. The van der Waals surface area contributed by atoms with Crippen LogP contribution in [0, 0.1) is 0 Å². The van der Waals surface area contributed by atoms with Crippen LogP contribution >= 0.6 is 23.5 Å². The average molecular weight is 933 g/mol. The third-order valence-corrected chi connectivity index (χ3v) is 18.0. The molecule has 10 aromatic carbocycles. The summed E-state index contributed by atoms with van der Waals surface area (Å²) < 4.78 is 2.60. The van der Waals surface area contributed by atoms with Gasteiger partial charge in [0.2, 0.25) is 0 Å². The van der Waals surface area contributed by atoms with Crippen molar-refractivity contribution in [3.8, 4) is 50.2 Å². The SMILES string of the molecule is CC1(C)c2ccccc2-c2ccc(N(c3ccc(-c4ccccc4)cc3)c3ccc(-c4ccc(-n5c6c7c(ccc6c6ccc8c(c65)C(C)(C)c5ccccc5-8)Sc5ccccc5S7)cc4)cc3)cc21. The number of anilines is 3. The smallest absolute Gasteiger partial charge is 0.0692 e. The second kappa shape index (κ2) is 15.5. The van der Waals surface area contributed by atoms with Crippen LogP contribution in [0.3, 0.4) is 0 Å². The van der Waals surface area contributed by atoms with Crippen LogP contribution in [0.15, 0.2) is 238 Å². The molecule has 1 aromatic heterocycles. The maximum Gasteiger partial charge on any atom is 0.0692 e. The van der Waals surface area contributed by atoms with Gasteiger partial charge in [0.05, 0.1) is 15.9 Å². The van der Waals surface area contributed by atoms with Crippen molar-refractivity contribution in [1.29, 1.82) is 0 Å². The van der Waals surface area contributed by atoms with Crippen LogP contribution in [0.25, 0.3) is 72.0 Å². The highest BCUT2D eigenvalue weighted by Crippen LogP contribution is 2.57. The fourth-order valence-corrected chi connectivity index (χ4v) is 14.4. The van der Waals surface area contributed by atoms with E-state index in [0.717, 1.165) is 17.1 Å². The molecule has 0 bridgehead atoms. The van der Waals surface area contributed by atoms with E-state index in [4.69, 9.17) is 0 Å². The quantitative estimate of drug-likeness (QED) is 0.164. The van der Waals surface area contributed by atoms with Gasteiger partial charge in [0, 0.05) is 59.0 Å². The Kier molecular flexibility index (Phi) is 9.18. The molecule has 0 unspecified atom stereocenters. The summed E-state index contributed by atoms with van der Waals surface area (Å²) in [5, 5.41) is 2.60. The van der Waals surface area contributed by atoms with Gasteiger partial charge in [0.15, 0.2) is 0 Å². The van der Waals surface area contributed by atoms with E-state index in [9.17, 15) is 0 Å². The van der Waals surface area contributed by atoms with Gasteiger partial charge in [-0.15, -0.1) is 0 Å². The molecule has 70 heavy (non-hydrogen) atoms. The van der Waals surface area contributed by atoms with E-state index in [1.807, 2.05) is 23.5 Å². The van der Waals surface area contributed by atoms with Crippen molar-refractivity contribution in [2.75, 3.05) is 4.90 Å². The summed E-state index contributed by atoms with van der Waals surface area (Å²) in [7, 11) is 0. The average Bonchev–Trinajstić information content (AvgIpc) is 3.96. The Labute approximate surface area is 418 Å². The van der Waals surface area contributed by atoms with Crippen molar-refractivity contribution in [3.63, 3.8) is 0 Å². The van der Waals surface area contributed by atoms with E-state index in [2.05, 4.69) is 256 Å². The molecule has 0 radical (unpaired) electrons. The molecule has 2 nitrogen and oxygen atoms in total. The van der Waals surface area contributed by atoms with Crippen LogP contribution in [0.2, 0.25) is 0 Å². The number of fused-ring (bicyclic) bond motifs is 13. The van der Waals surface area contributed by atoms with E-state index < -0.39 is 0 Å². The largest absolute Gasteiger partial charge is 0.310 e. The van der Waals surface area contributed by atoms with Crippen LogP contribution < -0.4 is 4.90 Å². The Morgan fingerprint density at radius 3 is 1.51 bits per heavy atom. The van der Waals surface area contributed by atoms with Crippen molar-refractivity contribution in [2.45, 2.75) is 58.1 Å². The first kappa shape index (κ1) is 41.5. The summed E-state index contributed by atoms with van der Waals surface area (Å²) in [5.74, 6) is 0. The molecule has 2 heterocycles. The molecule has 0 amide bonds. The molecule has 0 spiro atoms. The molecule has 0 atom stereocenters. The van der Waals surface area contributed by atoms with Gasteiger partial charge in [-0.05, 0) is 133 Å². The van der Waals surface area contributed by atoms with E-state index >= 15 is 0 Å². The van der Waals surface area contributed by atoms with Gasteiger partial charge in [-0.25, -0.2) is 0 Å². The van der Waals surface area contributed by atoms with Crippen LogP contribution in [0.1, 0.15) is 49.9 Å². The molecule has 2 aliphatic carbocycles. The lowest BCUT2D eigenvalue weighted by atomic mass is 9.81. The van der Waals surface area contributed by atoms with Crippen molar-refractivity contribution < 1.29 is 0 Å². The Bertz CT molecular complexity index is 3920. The topological polar surface area (TPSA) is 8.17 Å². The Hall–Kier alpha value is -7.50. The molecule has 334 valence electrons. The van der Waals surface area contributed by atoms with Crippen molar-refractivity contribution >= 4 is 62.4 Å². The maximum absolute atomic E-state index is 2.60. The Morgan fingerprint density at radius 2 is 0.843 bits per heavy atom. The monoisotopic (exact) mass is 932 g/mol. The van der Waals surface area contributed by atoms with Crippen LogP contribution in [-0.2, 0) is 10.8 Å². The van der Waals surface area contributed by atoms with Gasteiger partial charge in [-0.2, -0.15) is 0 Å². The van der Waals surface area contributed by atoms with Crippen LogP contribution in [0.4, 0.5) is 17.1 Å². The van der Waals surface area contributed by atoms with E-state index in [0.29, 0.717) is 0 Å². The lowest BCUT2D eigenvalue weighted by Gasteiger charge is -2.28. The summed E-state index contributed by atoms with van der Waals surface area (Å²) >= 11 is 3.80. The summed E-state index contributed by atoms with van der Waals surface area (Å²) in [6, 6.07) is 81.4. The fourth-order valence-electron chi connectivity index (χ4n) is 12.0. The summed E-state index contributed by atoms with van der Waals surface area (Å²) in [4.78, 5) is 7.69. The standard InChI is InChI=1S/C66H48N2S2/c1-65(2)55-18-10-8-16-49(55)51-35-34-48(40-57(51)65)67(45-28-22-42(23-29-45)41-14-6-5-7-15-41)46-30-24-43(25-31-46)44-26-32-47(33-27-44)68-62-53(37-36-52-50-17-9-11-19-56(50)66(3,4)61(52)62)54-38-39-60-64(63(54)68)70-59-21-13-12-20-58(59)69-60/h5-40H,1-4H3. The van der Waals surface area contributed by atoms with Gasteiger partial charge in [-0.1, -0.05) is 203 Å². The molecular weight excluding hydrogens is 885 g/mol. The molecule has 3 aliphatic rings. The van der Waals surface area contributed by atoms with E-state index in [-0.39, 0.29) is 10.8 Å². The molecule has 0 N–H and O–H groups in total. The zero-order valence-corrected chi connectivity index (χ0v) is 41.1. The zero-order valence-electron chi connectivity index (χ0n) is 39.5. The van der Waals surface area contributed by atoms with E-state index in [1.54, 1.807) is 0 Å². The normalized spacial score (nSPS) is 14.4. The number of aromatic nitrogens is 1. The molecular formula is C66H48N2S2. The number of hydrogen-bond donors (Lipinski definition) is 0. The number of benzene rings is 10. The minimum atomic E-state index is -0.174. The second-order valence-electron chi connectivity index (χ2n) is 20.1. The van der Waals surface area contributed by atoms with Gasteiger partial charge in [-0.3, -0.25) is 0 Å². The predicted molar refractivity (Wildman–Crippen MR) is 296 cm³/mol. The fraction of sp³-hybridized carbons (Fsp3) is 0.0909. The van der Waals surface area contributed by atoms with E-state index in [1.165, 1.54) is 114 Å². The lowest BCUT2D eigenvalue weighted by Crippen LogP contribution is -2.16. The Balaban J connectivity index is 0.879. The third-order valence-electron chi connectivity index (χ3n) is 15.4. The van der Waals surface area contributed by atoms with Crippen LogP contribution in [-0.4, -0.2) is 4.57 Å². The highest BCUT2D eigenvalue weighted by atomic mass is 32.2. The van der Waals surface area contributed by atoms with Gasteiger partial charge >= 0.3 is 0 Å². The molecule has 0 saturated carbocycles. The molecule has 11 aromatic rings. The first-order chi connectivity index (χ1) is 34.2. The molecule has 4 heteroatoms. The number of rotatable bonds is 6. The van der Waals surface area contributed by atoms with Crippen molar-refractivity contribution in [1.82, 2.24) is 4.57 Å². The maximum atomic E-state index is 2.60. The molecule has 14 rings (SSSR count). The highest BCUT2D eigenvalue weighted by molar-refractivity contribution is 8.05. The third kappa shape index (κ3) is 6.16. The van der Waals surface area contributed by atoms with Gasteiger partial charge < -0.3 is 9.47 Å². The van der Waals surface area contributed by atoms with Gasteiger partial charge in [0.1, 0.15) is 0 Å². The highest BCUT2D eigenvalue weighted by Gasteiger charge is 2.39. The first-order valence-corrected chi connectivity index (χ1v) is 26.0. The van der Waals surface area contributed by atoms with Crippen LogP contribution in [0.5, 0.6) is 0 Å².